The van der Waals surface area contributed by atoms with Crippen molar-refractivity contribution in [3.8, 4) is 5.75 Å². The normalized spacial score (nSPS) is 11.2. The molecular formula is C15H22O4. The second kappa shape index (κ2) is 6.57. The largest absolute Gasteiger partial charge is 0.493 e. The molecule has 0 N–H and O–H groups in total. The number of benzene rings is 1. The van der Waals surface area contributed by atoms with Crippen molar-refractivity contribution in [2.75, 3.05) is 27.4 Å². The van der Waals surface area contributed by atoms with Gasteiger partial charge in [0.25, 0.3) is 0 Å². The molecule has 19 heavy (non-hydrogen) atoms. The van der Waals surface area contributed by atoms with E-state index in [1.807, 2.05) is 19.1 Å². The molecular weight excluding hydrogens is 244 g/mol. The highest BCUT2D eigenvalue weighted by Crippen LogP contribution is 2.29. The summed E-state index contributed by atoms with van der Waals surface area (Å²) in [7, 11) is 3.04. The van der Waals surface area contributed by atoms with Crippen LogP contribution in [0.3, 0.4) is 0 Å². The van der Waals surface area contributed by atoms with Crippen LogP contribution in [0.15, 0.2) is 18.2 Å². The Morgan fingerprint density at radius 3 is 2.47 bits per heavy atom. The van der Waals surface area contributed by atoms with Gasteiger partial charge in [0.05, 0.1) is 20.3 Å². The Balaban J connectivity index is 3.18. The summed E-state index contributed by atoms with van der Waals surface area (Å²) in [5.74, 6) is 0.163. The number of esters is 1. The van der Waals surface area contributed by atoms with Gasteiger partial charge >= 0.3 is 5.97 Å². The lowest BCUT2D eigenvalue weighted by Crippen LogP contribution is -2.24. The summed E-state index contributed by atoms with van der Waals surface area (Å²) in [4.78, 5) is 11.7. The Labute approximate surface area is 114 Å². The minimum Gasteiger partial charge on any atom is -0.493 e. The van der Waals surface area contributed by atoms with Crippen LogP contribution in [-0.2, 0) is 14.9 Å². The number of ether oxygens (including phenoxy) is 3. The average molecular weight is 266 g/mol. The molecule has 0 amide bonds. The van der Waals surface area contributed by atoms with Gasteiger partial charge < -0.3 is 14.2 Å². The quantitative estimate of drug-likeness (QED) is 0.743. The summed E-state index contributed by atoms with van der Waals surface area (Å²) in [6, 6.07) is 5.53. The van der Waals surface area contributed by atoms with Gasteiger partial charge in [-0.3, -0.25) is 0 Å². The van der Waals surface area contributed by atoms with Crippen molar-refractivity contribution >= 4 is 5.97 Å². The van der Waals surface area contributed by atoms with E-state index in [4.69, 9.17) is 14.2 Å². The highest BCUT2D eigenvalue weighted by molar-refractivity contribution is 5.92. The van der Waals surface area contributed by atoms with E-state index < -0.39 is 0 Å². The lowest BCUT2D eigenvalue weighted by Gasteiger charge is -2.25. The zero-order valence-electron chi connectivity index (χ0n) is 12.3. The fraction of sp³-hybridized carbons (Fsp3) is 0.533. The molecule has 0 bridgehead atoms. The highest BCUT2D eigenvalue weighted by atomic mass is 16.5. The maximum atomic E-state index is 11.7. The molecule has 0 heterocycles. The topological polar surface area (TPSA) is 44.8 Å². The summed E-state index contributed by atoms with van der Waals surface area (Å²) in [6.07, 6.45) is 0. The molecule has 0 saturated carbocycles. The van der Waals surface area contributed by atoms with Gasteiger partial charge in [-0.05, 0) is 24.6 Å². The number of hydrogen-bond acceptors (Lipinski definition) is 4. The Hall–Kier alpha value is -1.55. The highest BCUT2D eigenvalue weighted by Gasteiger charge is 2.23. The minimum atomic E-state index is -0.389. The molecule has 1 rings (SSSR count). The van der Waals surface area contributed by atoms with E-state index in [9.17, 15) is 4.79 Å². The van der Waals surface area contributed by atoms with E-state index >= 15 is 0 Å². The van der Waals surface area contributed by atoms with Crippen LogP contribution in [0.1, 0.15) is 36.7 Å². The average Bonchev–Trinajstić information content (AvgIpc) is 2.38. The minimum absolute atomic E-state index is 0.144. The van der Waals surface area contributed by atoms with Crippen LogP contribution in [0.25, 0.3) is 0 Å². The first kappa shape index (κ1) is 15.5. The SMILES string of the molecule is CCOc1cc(C(C)(C)COC)ccc1C(=O)OC. The van der Waals surface area contributed by atoms with E-state index in [0.29, 0.717) is 24.5 Å². The van der Waals surface area contributed by atoms with Gasteiger partial charge in [0.1, 0.15) is 11.3 Å². The smallest absolute Gasteiger partial charge is 0.341 e. The van der Waals surface area contributed by atoms with Crippen LogP contribution in [0, 0.1) is 0 Å². The van der Waals surface area contributed by atoms with Crippen LogP contribution < -0.4 is 4.74 Å². The fourth-order valence-corrected chi connectivity index (χ4v) is 1.94. The van der Waals surface area contributed by atoms with Gasteiger partial charge in [-0.15, -0.1) is 0 Å². The summed E-state index contributed by atoms with van der Waals surface area (Å²) >= 11 is 0. The summed E-state index contributed by atoms with van der Waals surface area (Å²) in [6.45, 7) is 7.14. The molecule has 0 aliphatic heterocycles. The van der Waals surface area contributed by atoms with Crippen molar-refractivity contribution in [2.45, 2.75) is 26.2 Å². The maximum Gasteiger partial charge on any atom is 0.341 e. The number of methoxy groups -OCH3 is 2. The molecule has 1 aromatic rings. The van der Waals surface area contributed by atoms with Crippen molar-refractivity contribution in [1.29, 1.82) is 0 Å². The van der Waals surface area contributed by atoms with Gasteiger partial charge in [-0.2, -0.15) is 0 Å². The molecule has 0 fully saturated rings. The Morgan fingerprint density at radius 2 is 1.95 bits per heavy atom. The third kappa shape index (κ3) is 3.70. The standard InChI is InChI=1S/C15H22O4/c1-6-19-13-9-11(15(2,3)10-17-4)7-8-12(13)14(16)18-5/h7-9H,6,10H2,1-5H3. The molecule has 0 saturated heterocycles. The van der Waals surface area contributed by atoms with Crippen molar-refractivity contribution in [2.24, 2.45) is 0 Å². The molecule has 0 spiro atoms. The van der Waals surface area contributed by atoms with Crippen molar-refractivity contribution in [3.05, 3.63) is 29.3 Å². The number of carbonyl (C=O) groups excluding carboxylic acids is 1. The third-order valence-electron chi connectivity index (χ3n) is 2.97. The van der Waals surface area contributed by atoms with E-state index in [1.54, 1.807) is 13.2 Å². The fourth-order valence-electron chi connectivity index (χ4n) is 1.94. The zero-order valence-corrected chi connectivity index (χ0v) is 12.3. The van der Waals surface area contributed by atoms with Crippen LogP contribution in [0.4, 0.5) is 0 Å². The number of carbonyl (C=O) groups is 1. The molecule has 4 heteroatoms. The van der Waals surface area contributed by atoms with E-state index in [1.165, 1.54) is 7.11 Å². The van der Waals surface area contributed by atoms with Crippen molar-refractivity contribution in [1.82, 2.24) is 0 Å². The molecule has 0 atom stereocenters. The van der Waals surface area contributed by atoms with E-state index in [2.05, 4.69) is 13.8 Å². The number of hydrogen-bond donors (Lipinski definition) is 0. The summed E-state index contributed by atoms with van der Waals surface area (Å²) in [5, 5.41) is 0. The van der Waals surface area contributed by atoms with Gasteiger partial charge in [0, 0.05) is 12.5 Å². The molecule has 0 aromatic heterocycles. The number of rotatable bonds is 6. The van der Waals surface area contributed by atoms with Gasteiger partial charge in [-0.25, -0.2) is 4.79 Å². The molecule has 0 radical (unpaired) electrons. The second-order valence-electron chi connectivity index (χ2n) is 4.95. The van der Waals surface area contributed by atoms with Crippen molar-refractivity contribution < 1.29 is 19.0 Å². The zero-order chi connectivity index (χ0) is 14.5. The molecule has 0 unspecified atom stereocenters. The maximum absolute atomic E-state index is 11.7. The van der Waals surface area contributed by atoms with E-state index in [-0.39, 0.29) is 11.4 Å². The molecule has 0 aliphatic carbocycles. The van der Waals surface area contributed by atoms with Crippen LogP contribution in [0.5, 0.6) is 5.75 Å². The van der Waals surface area contributed by atoms with Gasteiger partial charge in [0.2, 0.25) is 0 Å². The first-order valence-electron chi connectivity index (χ1n) is 6.30. The first-order chi connectivity index (χ1) is 8.96. The molecule has 4 nitrogen and oxygen atoms in total. The van der Waals surface area contributed by atoms with Crippen LogP contribution >= 0.6 is 0 Å². The third-order valence-corrected chi connectivity index (χ3v) is 2.97. The van der Waals surface area contributed by atoms with E-state index in [0.717, 1.165) is 5.56 Å². The van der Waals surface area contributed by atoms with Crippen molar-refractivity contribution in [3.63, 3.8) is 0 Å². The lowest BCUT2D eigenvalue weighted by atomic mass is 9.85. The monoisotopic (exact) mass is 266 g/mol. The lowest BCUT2D eigenvalue weighted by molar-refractivity contribution is 0.0596. The first-order valence-corrected chi connectivity index (χ1v) is 6.30. The van der Waals surface area contributed by atoms with Crippen LogP contribution in [0.2, 0.25) is 0 Å². The summed E-state index contributed by atoms with van der Waals surface area (Å²) in [5.41, 5.74) is 1.36. The Kier molecular flexibility index (Phi) is 5.36. The Morgan fingerprint density at radius 1 is 1.26 bits per heavy atom. The molecule has 106 valence electrons. The predicted octanol–water partition coefficient (Wildman–Crippen LogP) is 2.80. The van der Waals surface area contributed by atoms with Gasteiger partial charge in [0.15, 0.2) is 0 Å². The second-order valence-corrected chi connectivity index (χ2v) is 4.95. The van der Waals surface area contributed by atoms with Crippen LogP contribution in [-0.4, -0.2) is 33.4 Å². The molecule has 1 aromatic carbocycles. The predicted molar refractivity (Wildman–Crippen MR) is 73.9 cm³/mol. The Bertz CT molecular complexity index is 438. The summed E-state index contributed by atoms with van der Waals surface area (Å²) < 4.78 is 15.5. The van der Waals surface area contributed by atoms with Gasteiger partial charge in [-0.1, -0.05) is 19.9 Å². The molecule has 0 aliphatic rings.